The third-order valence-corrected chi connectivity index (χ3v) is 5.41. The summed E-state index contributed by atoms with van der Waals surface area (Å²) in [5.41, 5.74) is 6.27. The van der Waals surface area contributed by atoms with E-state index in [1.54, 1.807) is 19.9 Å². The number of carbonyl (C=O) groups is 3. The Kier molecular flexibility index (Phi) is 7.65. The van der Waals surface area contributed by atoms with Crippen LogP contribution in [0.5, 0.6) is 5.75 Å². The van der Waals surface area contributed by atoms with Crippen LogP contribution in [0.4, 0.5) is 4.39 Å². The molecule has 160 valence electrons. The molecule has 30 heavy (non-hydrogen) atoms. The van der Waals surface area contributed by atoms with Crippen LogP contribution in [0.1, 0.15) is 45.4 Å². The van der Waals surface area contributed by atoms with Gasteiger partial charge in [-0.2, -0.15) is 0 Å². The number of nitrogen functional groups attached to an aromatic ring is 1. The highest BCUT2D eigenvalue weighted by molar-refractivity contribution is 7.14. The summed E-state index contributed by atoms with van der Waals surface area (Å²) in [6.45, 7) is 3.40. The summed E-state index contributed by atoms with van der Waals surface area (Å²) in [6.07, 6.45) is 0.349. The van der Waals surface area contributed by atoms with Crippen LogP contribution in [0.15, 0.2) is 24.3 Å². The molecular weight excluding hydrogens is 413 g/mol. The minimum absolute atomic E-state index is 0.140. The number of halogens is 1. The number of ether oxygens (including phenoxy) is 1. The number of aliphatic carboxylic acids is 1. The van der Waals surface area contributed by atoms with Gasteiger partial charge in [0.15, 0.2) is 11.6 Å². The molecule has 1 heterocycles. The maximum atomic E-state index is 14.1. The Morgan fingerprint density at radius 3 is 2.63 bits per heavy atom. The fraction of sp³-hybridized carbons (Fsp3) is 0.300. The number of amides is 1. The Bertz CT molecular complexity index is 989. The molecular formula is C20H22FN3O5S. The molecule has 2 aromatic rings. The molecule has 0 bridgehead atoms. The van der Waals surface area contributed by atoms with Crippen molar-refractivity contribution in [3.8, 4) is 5.75 Å². The largest absolute Gasteiger partial charge is 0.481 e. The van der Waals surface area contributed by atoms with E-state index >= 15 is 0 Å². The lowest BCUT2D eigenvalue weighted by Gasteiger charge is -2.11. The molecule has 10 heteroatoms. The normalized spacial score (nSPS) is 11.6. The lowest BCUT2D eigenvalue weighted by atomic mass is 10.1. The van der Waals surface area contributed by atoms with Crippen LogP contribution < -0.4 is 15.8 Å². The number of hydrogen-bond acceptors (Lipinski definition) is 6. The number of amidine groups is 1. The number of carbonyl (C=O) groups excluding carboxylic acids is 2. The number of hydrogen-bond donors (Lipinski definition) is 4. The van der Waals surface area contributed by atoms with Crippen LogP contribution in [-0.4, -0.2) is 34.8 Å². The zero-order valence-corrected chi connectivity index (χ0v) is 17.3. The second-order valence-electron chi connectivity index (χ2n) is 6.73. The van der Waals surface area contributed by atoms with E-state index in [2.05, 4.69) is 5.32 Å². The van der Waals surface area contributed by atoms with Crippen LogP contribution >= 0.6 is 11.3 Å². The van der Waals surface area contributed by atoms with Crippen molar-refractivity contribution in [3.63, 3.8) is 0 Å². The Hall–Kier alpha value is -3.27. The Morgan fingerprint density at radius 2 is 2.03 bits per heavy atom. The molecule has 1 atom stereocenters. The lowest BCUT2D eigenvalue weighted by molar-refractivity contribution is -0.137. The van der Waals surface area contributed by atoms with E-state index in [1.807, 2.05) is 0 Å². The van der Waals surface area contributed by atoms with Crippen molar-refractivity contribution in [1.29, 1.82) is 5.41 Å². The monoisotopic (exact) mass is 435 g/mol. The molecule has 1 amide bonds. The van der Waals surface area contributed by atoms with Gasteiger partial charge in [-0.05, 0) is 50.1 Å². The zero-order chi connectivity index (χ0) is 22.4. The fourth-order valence-corrected chi connectivity index (χ4v) is 3.71. The summed E-state index contributed by atoms with van der Waals surface area (Å²) in [6, 6.07) is 4.75. The molecule has 0 spiro atoms. The molecule has 0 aliphatic rings. The number of thiophene rings is 1. The number of nitrogens with two attached hydrogens (primary N) is 1. The third-order valence-electron chi connectivity index (χ3n) is 4.13. The number of esters is 1. The number of aryl methyl sites for hydroxylation is 2. The molecule has 0 fully saturated rings. The maximum Gasteiger partial charge on any atom is 0.353 e. The molecule has 0 radical (unpaired) electrons. The van der Waals surface area contributed by atoms with Gasteiger partial charge in [-0.25, -0.2) is 9.18 Å². The van der Waals surface area contributed by atoms with Crippen molar-refractivity contribution < 1.29 is 28.6 Å². The molecule has 1 unspecified atom stereocenters. The van der Waals surface area contributed by atoms with Gasteiger partial charge >= 0.3 is 11.9 Å². The predicted octanol–water partition coefficient (Wildman–Crippen LogP) is 2.61. The first-order valence-electron chi connectivity index (χ1n) is 9.03. The highest BCUT2D eigenvalue weighted by Gasteiger charge is 2.18. The van der Waals surface area contributed by atoms with Gasteiger partial charge in [0.1, 0.15) is 10.7 Å². The number of nitrogens with one attached hydrogen (secondary N) is 2. The van der Waals surface area contributed by atoms with Gasteiger partial charge < -0.3 is 20.9 Å². The van der Waals surface area contributed by atoms with Gasteiger partial charge in [0.25, 0.3) is 0 Å². The van der Waals surface area contributed by atoms with Gasteiger partial charge in [-0.15, -0.1) is 11.3 Å². The van der Waals surface area contributed by atoms with Crippen LogP contribution in [0.25, 0.3) is 0 Å². The van der Waals surface area contributed by atoms with Gasteiger partial charge in [-0.3, -0.25) is 15.0 Å². The first kappa shape index (κ1) is 23.0. The average molecular weight is 435 g/mol. The third kappa shape index (κ3) is 6.38. The molecule has 1 aromatic heterocycles. The van der Waals surface area contributed by atoms with Crippen molar-refractivity contribution in [1.82, 2.24) is 5.32 Å². The summed E-state index contributed by atoms with van der Waals surface area (Å²) >= 11 is 1.15. The summed E-state index contributed by atoms with van der Waals surface area (Å²) in [5, 5.41) is 18.6. The minimum Gasteiger partial charge on any atom is -0.481 e. The predicted molar refractivity (Wildman–Crippen MR) is 110 cm³/mol. The van der Waals surface area contributed by atoms with Gasteiger partial charge in [-0.1, -0.05) is 0 Å². The van der Waals surface area contributed by atoms with Crippen molar-refractivity contribution in [3.05, 3.63) is 51.0 Å². The minimum atomic E-state index is -0.993. The van der Waals surface area contributed by atoms with E-state index in [0.29, 0.717) is 6.42 Å². The molecule has 2 rings (SSSR count). The molecule has 5 N–H and O–H groups in total. The van der Waals surface area contributed by atoms with Gasteiger partial charge in [0.05, 0.1) is 6.42 Å². The number of rotatable bonds is 9. The first-order chi connectivity index (χ1) is 14.1. The highest BCUT2D eigenvalue weighted by Crippen LogP contribution is 2.26. The van der Waals surface area contributed by atoms with E-state index in [9.17, 15) is 18.8 Å². The van der Waals surface area contributed by atoms with Gasteiger partial charge in [0, 0.05) is 22.9 Å². The lowest BCUT2D eigenvalue weighted by Crippen LogP contribution is -2.34. The van der Waals surface area contributed by atoms with E-state index in [1.165, 1.54) is 12.1 Å². The van der Waals surface area contributed by atoms with Crippen molar-refractivity contribution in [2.45, 2.75) is 39.2 Å². The van der Waals surface area contributed by atoms with E-state index < -0.39 is 23.8 Å². The number of carboxylic acids is 1. The zero-order valence-electron chi connectivity index (χ0n) is 16.5. The van der Waals surface area contributed by atoms with E-state index in [4.69, 9.17) is 21.0 Å². The second-order valence-corrected chi connectivity index (χ2v) is 7.87. The quantitative estimate of drug-likeness (QED) is 0.206. The molecule has 0 saturated carbocycles. The molecule has 0 aliphatic carbocycles. The summed E-state index contributed by atoms with van der Waals surface area (Å²) < 4.78 is 19.2. The topological polar surface area (TPSA) is 143 Å². The molecule has 8 nitrogen and oxygen atoms in total. The van der Waals surface area contributed by atoms with Crippen LogP contribution in [-0.2, 0) is 16.0 Å². The second kappa shape index (κ2) is 9.97. The average Bonchev–Trinajstić information content (AvgIpc) is 3.01. The van der Waals surface area contributed by atoms with Gasteiger partial charge in [0.2, 0.25) is 5.91 Å². The maximum absolute atomic E-state index is 14.1. The van der Waals surface area contributed by atoms with Crippen LogP contribution in [0, 0.1) is 18.2 Å². The standard InChI is InChI=1S/C20H22FN3O5S/c1-10-7-16(20(28)29-14-4-3-12(19(22)23)9-13(14)21)30-15(10)5-6-17(25)24-11(2)8-18(26)27/h3-4,7,9,11H,5-6,8H2,1-2H3,(H3,22,23)(H,24,25)(H,26,27). The summed E-state index contributed by atoms with van der Waals surface area (Å²) in [7, 11) is 0. The van der Waals surface area contributed by atoms with Crippen molar-refractivity contribution in [2.24, 2.45) is 5.73 Å². The summed E-state index contributed by atoms with van der Waals surface area (Å²) in [5.74, 6) is -3.39. The summed E-state index contributed by atoms with van der Waals surface area (Å²) in [4.78, 5) is 36.0. The molecule has 0 aliphatic heterocycles. The Morgan fingerprint density at radius 1 is 1.33 bits per heavy atom. The number of carboxylic acid groups (broad SMARTS) is 1. The van der Waals surface area contributed by atoms with Crippen molar-refractivity contribution in [2.75, 3.05) is 0 Å². The van der Waals surface area contributed by atoms with E-state index in [0.717, 1.165) is 27.8 Å². The smallest absolute Gasteiger partial charge is 0.353 e. The first-order valence-corrected chi connectivity index (χ1v) is 9.85. The SMILES string of the molecule is Cc1cc(C(=O)Oc2ccc(C(=N)N)cc2F)sc1CCC(=O)NC(C)CC(=O)O. The van der Waals surface area contributed by atoms with E-state index in [-0.39, 0.29) is 40.8 Å². The molecule has 1 aromatic carbocycles. The van der Waals surface area contributed by atoms with Crippen LogP contribution in [0.2, 0.25) is 0 Å². The Balaban J connectivity index is 1.98. The van der Waals surface area contributed by atoms with Crippen LogP contribution in [0.3, 0.4) is 0 Å². The molecule has 0 saturated heterocycles. The van der Waals surface area contributed by atoms with Crippen molar-refractivity contribution >= 4 is 35.0 Å². The fourth-order valence-electron chi connectivity index (χ4n) is 2.66. The highest BCUT2D eigenvalue weighted by atomic mass is 32.1. The number of benzene rings is 1. The Labute approximate surface area is 176 Å².